The lowest BCUT2D eigenvalue weighted by molar-refractivity contribution is 0.848. The van der Waals surface area contributed by atoms with Crippen molar-refractivity contribution in [3.05, 3.63) is 29.1 Å². The summed E-state index contributed by atoms with van der Waals surface area (Å²) < 4.78 is 2.44. The van der Waals surface area contributed by atoms with Crippen LogP contribution in [0.25, 0.3) is 5.82 Å². The highest BCUT2D eigenvalue weighted by atomic mass is 79.9. The van der Waals surface area contributed by atoms with Gasteiger partial charge in [-0.2, -0.15) is 0 Å². The fourth-order valence-corrected chi connectivity index (χ4v) is 1.12. The second-order valence-corrected chi connectivity index (χ2v) is 3.30. The summed E-state index contributed by atoms with van der Waals surface area (Å²) in [6, 6.07) is 3.69. The van der Waals surface area contributed by atoms with Gasteiger partial charge in [-0.25, -0.2) is 14.6 Å². The topological polar surface area (TPSA) is 69.6 Å². The van der Waals surface area contributed by atoms with E-state index in [0.29, 0.717) is 5.82 Å². The van der Waals surface area contributed by atoms with E-state index < -0.39 is 0 Å². The average molecular weight is 240 g/mol. The van der Waals surface area contributed by atoms with E-state index in [-0.39, 0.29) is 5.95 Å². The Kier molecular flexibility index (Phi) is 1.97. The molecule has 0 bridgehead atoms. The molecule has 6 heteroatoms. The van der Waals surface area contributed by atoms with E-state index in [2.05, 4.69) is 31.0 Å². The standard InChI is InChI=1S/C7H6BrN5/c8-5-1-2-6(10-3-5)13-4-11-7(9)12-13/h1-4H,(H2,9,12). The van der Waals surface area contributed by atoms with Crippen molar-refractivity contribution < 1.29 is 0 Å². The molecule has 2 heterocycles. The molecule has 2 N–H and O–H groups in total. The third-order valence-electron chi connectivity index (χ3n) is 1.46. The highest BCUT2D eigenvalue weighted by molar-refractivity contribution is 9.10. The number of anilines is 1. The maximum absolute atomic E-state index is 5.37. The lowest BCUT2D eigenvalue weighted by Crippen LogP contribution is -1.98. The number of halogens is 1. The molecule has 0 saturated heterocycles. The summed E-state index contributed by atoms with van der Waals surface area (Å²) in [4.78, 5) is 7.91. The molecule has 13 heavy (non-hydrogen) atoms. The van der Waals surface area contributed by atoms with Gasteiger partial charge in [-0.3, -0.25) is 0 Å². The Hall–Kier alpha value is -1.43. The minimum absolute atomic E-state index is 0.240. The summed E-state index contributed by atoms with van der Waals surface area (Å²) in [6.07, 6.45) is 3.21. The van der Waals surface area contributed by atoms with Crippen LogP contribution in [0.5, 0.6) is 0 Å². The molecule has 66 valence electrons. The zero-order valence-electron chi connectivity index (χ0n) is 6.55. The first kappa shape index (κ1) is 8.18. The third-order valence-corrected chi connectivity index (χ3v) is 1.93. The van der Waals surface area contributed by atoms with Crippen LogP contribution in [0, 0.1) is 0 Å². The molecule has 2 aromatic rings. The van der Waals surface area contributed by atoms with Crippen LogP contribution in [0.15, 0.2) is 29.1 Å². The first-order chi connectivity index (χ1) is 6.25. The van der Waals surface area contributed by atoms with Crippen molar-refractivity contribution in [1.82, 2.24) is 19.7 Å². The highest BCUT2D eigenvalue weighted by Gasteiger charge is 1.99. The molecule has 2 aromatic heterocycles. The van der Waals surface area contributed by atoms with Crippen molar-refractivity contribution >= 4 is 21.9 Å². The van der Waals surface area contributed by atoms with Crippen LogP contribution in [0.3, 0.4) is 0 Å². The van der Waals surface area contributed by atoms with Gasteiger partial charge in [0.05, 0.1) is 0 Å². The Balaban J connectivity index is 2.41. The van der Waals surface area contributed by atoms with Gasteiger partial charge in [0.2, 0.25) is 5.95 Å². The van der Waals surface area contributed by atoms with Crippen LogP contribution < -0.4 is 5.73 Å². The largest absolute Gasteiger partial charge is 0.366 e. The predicted octanol–water partition coefficient (Wildman–Crippen LogP) is 1.01. The molecule has 0 spiro atoms. The van der Waals surface area contributed by atoms with E-state index in [0.717, 1.165) is 4.47 Å². The smallest absolute Gasteiger partial charge is 0.239 e. The van der Waals surface area contributed by atoms with Crippen LogP contribution in [-0.2, 0) is 0 Å². The van der Waals surface area contributed by atoms with Gasteiger partial charge >= 0.3 is 0 Å². The fraction of sp³-hybridized carbons (Fsp3) is 0. The van der Waals surface area contributed by atoms with Gasteiger partial charge in [0.1, 0.15) is 6.33 Å². The molecule has 0 aliphatic carbocycles. The van der Waals surface area contributed by atoms with E-state index in [4.69, 9.17) is 5.73 Å². The van der Waals surface area contributed by atoms with E-state index >= 15 is 0 Å². The molecule has 0 aliphatic rings. The van der Waals surface area contributed by atoms with Gasteiger partial charge in [0.25, 0.3) is 0 Å². The van der Waals surface area contributed by atoms with Gasteiger partial charge in [0.15, 0.2) is 5.82 Å². The summed E-state index contributed by atoms with van der Waals surface area (Å²) in [5.74, 6) is 0.928. The Morgan fingerprint density at radius 3 is 2.69 bits per heavy atom. The third kappa shape index (κ3) is 1.67. The minimum atomic E-state index is 0.240. The van der Waals surface area contributed by atoms with Crippen molar-refractivity contribution in [3.63, 3.8) is 0 Å². The van der Waals surface area contributed by atoms with Crippen molar-refractivity contribution in [1.29, 1.82) is 0 Å². The second-order valence-electron chi connectivity index (χ2n) is 2.38. The molecule has 0 amide bonds. The van der Waals surface area contributed by atoms with Crippen molar-refractivity contribution in [2.24, 2.45) is 0 Å². The molecular weight excluding hydrogens is 234 g/mol. The van der Waals surface area contributed by atoms with E-state index in [1.165, 1.54) is 11.0 Å². The Morgan fingerprint density at radius 1 is 1.31 bits per heavy atom. The van der Waals surface area contributed by atoms with Crippen LogP contribution in [0.4, 0.5) is 5.95 Å². The second kappa shape index (κ2) is 3.14. The normalized spacial score (nSPS) is 10.2. The number of nitrogens with zero attached hydrogens (tertiary/aromatic N) is 4. The van der Waals surface area contributed by atoms with Crippen LogP contribution in [-0.4, -0.2) is 19.7 Å². The number of hydrogen-bond acceptors (Lipinski definition) is 4. The molecule has 0 unspecified atom stereocenters. The number of pyridine rings is 1. The van der Waals surface area contributed by atoms with E-state index in [1.54, 1.807) is 6.20 Å². The van der Waals surface area contributed by atoms with Gasteiger partial charge in [-0.05, 0) is 28.1 Å². The summed E-state index contributed by atoms with van der Waals surface area (Å²) in [5, 5.41) is 3.92. The van der Waals surface area contributed by atoms with E-state index in [1.807, 2.05) is 12.1 Å². The zero-order chi connectivity index (χ0) is 9.26. The van der Waals surface area contributed by atoms with Crippen LogP contribution in [0.2, 0.25) is 0 Å². The predicted molar refractivity (Wildman–Crippen MR) is 51.3 cm³/mol. The van der Waals surface area contributed by atoms with Gasteiger partial charge in [-0.1, -0.05) is 0 Å². The molecule has 0 aliphatic heterocycles. The molecule has 0 aromatic carbocycles. The van der Waals surface area contributed by atoms with Gasteiger partial charge < -0.3 is 5.73 Å². The lowest BCUT2D eigenvalue weighted by atomic mass is 10.5. The first-order valence-electron chi connectivity index (χ1n) is 3.55. The fourth-order valence-electron chi connectivity index (χ4n) is 0.890. The van der Waals surface area contributed by atoms with Gasteiger partial charge in [0, 0.05) is 10.7 Å². The van der Waals surface area contributed by atoms with Crippen molar-refractivity contribution in [2.75, 3.05) is 5.73 Å². The molecule has 0 saturated carbocycles. The Labute approximate surface area is 82.7 Å². The molecule has 5 nitrogen and oxygen atoms in total. The average Bonchev–Trinajstić information content (AvgIpc) is 2.53. The van der Waals surface area contributed by atoms with Crippen molar-refractivity contribution in [2.45, 2.75) is 0 Å². The molecule has 0 radical (unpaired) electrons. The quantitative estimate of drug-likeness (QED) is 0.807. The van der Waals surface area contributed by atoms with E-state index in [9.17, 15) is 0 Å². The number of nitrogens with two attached hydrogens (primary N) is 1. The zero-order valence-corrected chi connectivity index (χ0v) is 8.14. The lowest BCUT2D eigenvalue weighted by Gasteiger charge is -1.97. The molecule has 0 atom stereocenters. The Morgan fingerprint density at radius 2 is 2.15 bits per heavy atom. The molecule has 2 rings (SSSR count). The summed E-state index contributed by atoms with van der Waals surface area (Å²) in [5.41, 5.74) is 5.37. The number of hydrogen-bond donors (Lipinski definition) is 1. The number of rotatable bonds is 1. The molecule has 0 fully saturated rings. The maximum Gasteiger partial charge on any atom is 0.239 e. The summed E-state index contributed by atoms with van der Waals surface area (Å²) in [7, 11) is 0. The summed E-state index contributed by atoms with van der Waals surface area (Å²) >= 11 is 3.29. The Bertz CT molecular complexity index is 407. The number of aromatic nitrogens is 4. The van der Waals surface area contributed by atoms with Crippen molar-refractivity contribution in [3.8, 4) is 5.82 Å². The number of nitrogen functional groups attached to an aromatic ring is 1. The highest BCUT2D eigenvalue weighted by Crippen LogP contribution is 2.09. The molecular formula is C7H6BrN5. The summed E-state index contributed by atoms with van der Waals surface area (Å²) in [6.45, 7) is 0. The SMILES string of the molecule is Nc1ncn(-c2ccc(Br)cn2)n1. The van der Waals surface area contributed by atoms with Crippen LogP contribution in [0.1, 0.15) is 0 Å². The van der Waals surface area contributed by atoms with Crippen LogP contribution >= 0.6 is 15.9 Å². The van der Waals surface area contributed by atoms with Gasteiger partial charge in [-0.15, -0.1) is 5.10 Å². The maximum atomic E-state index is 5.37. The first-order valence-corrected chi connectivity index (χ1v) is 4.34. The monoisotopic (exact) mass is 239 g/mol. The minimum Gasteiger partial charge on any atom is -0.366 e.